The third-order valence-corrected chi connectivity index (χ3v) is 5.14. The van der Waals surface area contributed by atoms with Crippen LogP contribution < -0.4 is 5.32 Å². The number of hydrogen-bond acceptors (Lipinski definition) is 5. The Morgan fingerprint density at radius 2 is 2.17 bits per heavy atom. The van der Waals surface area contributed by atoms with Crippen molar-refractivity contribution in [2.45, 2.75) is 44.5 Å². The number of ether oxygens (including phenoxy) is 1. The van der Waals surface area contributed by atoms with Crippen molar-refractivity contribution in [3.8, 4) is 0 Å². The van der Waals surface area contributed by atoms with Crippen LogP contribution in [0.3, 0.4) is 0 Å². The number of benzene rings is 1. The molecule has 24 heavy (non-hydrogen) atoms. The summed E-state index contributed by atoms with van der Waals surface area (Å²) in [5, 5.41) is 4.76. The zero-order chi connectivity index (χ0) is 17.2. The molecule has 130 valence electrons. The van der Waals surface area contributed by atoms with E-state index in [-0.39, 0.29) is 6.09 Å². The van der Waals surface area contributed by atoms with E-state index in [2.05, 4.69) is 28.5 Å². The molecule has 0 aromatic heterocycles. The van der Waals surface area contributed by atoms with Gasteiger partial charge in [-0.1, -0.05) is 30.0 Å². The number of carbonyl (C=O) groups is 1. The number of rotatable bonds is 1. The van der Waals surface area contributed by atoms with E-state index >= 15 is 0 Å². The molecular weight excluding hydrogens is 322 g/mol. The molecule has 1 atom stereocenters. The zero-order valence-corrected chi connectivity index (χ0v) is 15.4. The van der Waals surface area contributed by atoms with Crippen LogP contribution in [0.5, 0.6) is 0 Å². The van der Waals surface area contributed by atoms with Crippen LogP contribution in [0.1, 0.15) is 32.8 Å². The molecule has 2 aliphatic rings. The van der Waals surface area contributed by atoms with E-state index in [1.54, 1.807) is 16.7 Å². The number of thioether (sulfide) groups is 1. The zero-order valence-electron chi connectivity index (χ0n) is 14.5. The van der Waals surface area contributed by atoms with Gasteiger partial charge in [0, 0.05) is 30.6 Å². The summed E-state index contributed by atoms with van der Waals surface area (Å²) < 4.78 is 5.46. The average Bonchev–Trinajstić information content (AvgIpc) is 2.86. The first-order valence-corrected chi connectivity index (χ1v) is 9.33. The molecule has 1 aromatic rings. The SMILES string of the molecule is CC(C)(C)OC(=O)N1CC[C@H](SC2=NCCc3ccccc3N2)C1. The number of anilines is 1. The van der Waals surface area contributed by atoms with E-state index in [4.69, 9.17) is 4.74 Å². The highest BCUT2D eigenvalue weighted by Gasteiger charge is 2.31. The van der Waals surface area contributed by atoms with E-state index in [0.717, 1.165) is 36.8 Å². The maximum atomic E-state index is 12.2. The van der Waals surface area contributed by atoms with Gasteiger partial charge in [0.05, 0.1) is 0 Å². The van der Waals surface area contributed by atoms with Crippen LogP contribution in [0.15, 0.2) is 29.3 Å². The van der Waals surface area contributed by atoms with E-state index in [0.29, 0.717) is 11.8 Å². The van der Waals surface area contributed by atoms with Gasteiger partial charge < -0.3 is 15.0 Å². The molecule has 1 saturated heterocycles. The minimum atomic E-state index is -0.445. The Morgan fingerprint density at radius 1 is 1.38 bits per heavy atom. The minimum Gasteiger partial charge on any atom is -0.444 e. The van der Waals surface area contributed by atoms with Crippen molar-refractivity contribution in [3.05, 3.63) is 29.8 Å². The quantitative estimate of drug-likeness (QED) is 0.840. The number of nitrogens with one attached hydrogen (secondary N) is 1. The van der Waals surface area contributed by atoms with Crippen molar-refractivity contribution in [1.29, 1.82) is 0 Å². The lowest BCUT2D eigenvalue weighted by molar-refractivity contribution is 0.0295. The molecule has 2 heterocycles. The van der Waals surface area contributed by atoms with Gasteiger partial charge in [-0.15, -0.1) is 0 Å². The van der Waals surface area contributed by atoms with Crippen LogP contribution in [0, 0.1) is 0 Å². The van der Waals surface area contributed by atoms with Crippen molar-refractivity contribution in [2.24, 2.45) is 4.99 Å². The summed E-state index contributed by atoms with van der Waals surface area (Å²) in [6, 6.07) is 8.34. The van der Waals surface area contributed by atoms with Gasteiger partial charge in [-0.25, -0.2) is 4.79 Å². The molecular formula is C18H25N3O2S. The van der Waals surface area contributed by atoms with Gasteiger partial charge in [0.2, 0.25) is 0 Å². The fourth-order valence-corrected chi connectivity index (χ4v) is 3.96. The predicted octanol–water partition coefficient (Wildman–Crippen LogP) is 3.75. The van der Waals surface area contributed by atoms with Crippen LogP contribution >= 0.6 is 11.8 Å². The molecule has 1 amide bonds. The molecule has 0 spiro atoms. The minimum absolute atomic E-state index is 0.216. The lowest BCUT2D eigenvalue weighted by atomic mass is 10.1. The molecule has 0 radical (unpaired) electrons. The number of amidine groups is 1. The smallest absolute Gasteiger partial charge is 0.410 e. The fraction of sp³-hybridized carbons (Fsp3) is 0.556. The molecule has 0 bridgehead atoms. The Morgan fingerprint density at radius 3 is 2.96 bits per heavy atom. The van der Waals surface area contributed by atoms with E-state index < -0.39 is 5.60 Å². The lowest BCUT2D eigenvalue weighted by Gasteiger charge is -2.24. The highest BCUT2D eigenvalue weighted by molar-refractivity contribution is 8.14. The van der Waals surface area contributed by atoms with E-state index in [1.807, 2.05) is 26.8 Å². The second-order valence-corrected chi connectivity index (χ2v) is 8.46. The summed E-state index contributed by atoms with van der Waals surface area (Å²) in [7, 11) is 0. The largest absolute Gasteiger partial charge is 0.444 e. The molecule has 5 nitrogen and oxygen atoms in total. The number of aliphatic imine (C=N–C) groups is 1. The van der Waals surface area contributed by atoms with Gasteiger partial charge in [0.15, 0.2) is 5.17 Å². The standard InChI is InChI=1S/C18H25N3O2S/c1-18(2,3)23-17(22)21-11-9-14(12-21)24-16-19-10-8-13-6-4-5-7-15(13)20-16/h4-7,14H,8-12H2,1-3H3,(H,19,20)/t14-/m0/s1. The second-order valence-electron chi connectivity index (χ2n) is 7.17. The molecule has 6 heteroatoms. The summed E-state index contributed by atoms with van der Waals surface area (Å²) >= 11 is 1.73. The van der Waals surface area contributed by atoms with Crippen molar-refractivity contribution in [1.82, 2.24) is 4.90 Å². The van der Waals surface area contributed by atoms with Crippen molar-refractivity contribution in [2.75, 3.05) is 25.0 Å². The number of likely N-dealkylation sites (tertiary alicyclic amines) is 1. The summed E-state index contributed by atoms with van der Waals surface area (Å²) in [5.74, 6) is 0. The summed E-state index contributed by atoms with van der Waals surface area (Å²) in [6.45, 7) is 7.95. The monoisotopic (exact) mass is 347 g/mol. The maximum absolute atomic E-state index is 12.2. The molecule has 0 saturated carbocycles. The predicted molar refractivity (Wildman–Crippen MR) is 99.9 cm³/mol. The Labute approximate surface area is 147 Å². The van der Waals surface area contributed by atoms with Crippen molar-refractivity contribution >= 4 is 28.7 Å². The number of amides is 1. The van der Waals surface area contributed by atoms with Gasteiger partial charge in [-0.3, -0.25) is 4.99 Å². The first-order chi connectivity index (χ1) is 11.4. The first-order valence-electron chi connectivity index (χ1n) is 8.45. The van der Waals surface area contributed by atoms with Crippen LogP contribution in [0.25, 0.3) is 0 Å². The molecule has 1 aromatic carbocycles. The maximum Gasteiger partial charge on any atom is 0.410 e. The topological polar surface area (TPSA) is 53.9 Å². The molecule has 1 fully saturated rings. The second kappa shape index (κ2) is 7.05. The number of para-hydroxylation sites is 1. The summed E-state index contributed by atoms with van der Waals surface area (Å²) in [4.78, 5) is 18.6. The summed E-state index contributed by atoms with van der Waals surface area (Å²) in [6.07, 6.45) is 1.71. The highest BCUT2D eigenvalue weighted by Crippen LogP contribution is 2.28. The van der Waals surface area contributed by atoms with Crippen LogP contribution in [-0.4, -0.2) is 46.6 Å². The van der Waals surface area contributed by atoms with E-state index in [9.17, 15) is 4.79 Å². The van der Waals surface area contributed by atoms with Crippen molar-refractivity contribution < 1.29 is 9.53 Å². The Kier molecular flexibility index (Phi) is 5.04. The van der Waals surface area contributed by atoms with Crippen LogP contribution in [-0.2, 0) is 11.2 Å². The fourth-order valence-electron chi connectivity index (χ4n) is 2.83. The van der Waals surface area contributed by atoms with Gasteiger partial charge in [0.1, 0.15) is 5.60 Å². The molecule has 2 aliphatic heterocycles. The molecule has 0 unspecified atom stereocenters. The van der Waals surface area contributed by atoms with Gasteiger partial charge in [0.25, 0.3) is 0 Å². The highest BCUT2D eigenvalue weighted by atomic mass is 32.2. The van der Waals surface area contributed by atoms with Crippen molar-refractivity contribution in [3.63, 3.8) is 0 Å². The van der Waals surface area contributed by atoms with Crippen LogP contribution in [0.4, 0.5) is 10.5 Å². The number of fused-ring (bicyclic) bond motifs is 1. The molecule has 1 N–H and O–H groups in total. The average molecular weight is 347 g/mol. The molecule has 0 aliphatic carbocycles. The normalized spacial score (nSPS) is 20.7. The number of carbonyl (C=O) groups excluding carboxylic acids is 1. The van der Waals surface area contributed by atoms with Gasteiger partial charge >= 0.3 is 6.09 Å². The Bertz CT molecular complexity index is 639. The summed E-state index contributed by atoms with van der Waals surface area (Å²) in [5.41, 5.74) is 2.00. The first kappa shape index (κ1) is 17.1. The van der Waals surface area contributed by atoms with E-state index in [1.165, 1.54) is 5.56 Å². The lowest BCUT2D eigenvalue weighted by Crippen LogP contribution is -2.35. The third-order valence-electron chi connectivity index (χ3n) is 3.97. The van der Waals surface area contributed by atoms with Gasteiger partial charge in [-0.05, 0) is 45.2 Å². The van der Waals surface area contributed by atoms with Gasteiger partial charge in [-0.2, -0.15) is 0 Å². The Balaban J connectivity index is 1.56. The van der Waals surface area contributed by atoms with Crippen LogP contribution in [0.2, 0.25) is 0 Å². The number of hydrogen-bond donors (Lipinski definition) is 1. The molecule has 3 rings (SSSR count). The Hall–Kier alpha value is -1.69. The third kappa shape index (κ3) is 4.44. The number of nitrogens with zero attached hydrogens (tertiary/aromatic N) is 2.